The van der Waals surface area contributed by atoms with Crippen molar-refractivity contribution in [3.05, 3.63) is 39.2 Å². The number of benzene rings is 1. The van der Waals surface area contributed by atoms with Gasteiger partial charge in [-0.1, -0.05) is 71.4 Å². The van der Waals surface area contributed by atoms with Crippen molar-refractivity contribution >= 4 is 29.1 Å². The fraction of sp³-hybridized carbons (Fsp3) is 0.694. The van der Waals surface area contributed by atoms with Gasteiger partial charge in [0.1, 0.15) is 5.75 Å². The number of rotatable bonds is 11. The minimum Gasteiger partial charge on any atom is -0.497 e. The van der Waals surface area contributed by atoms with E-state index in [-0.39, 0.29) is 30.1 Å². The minimum atomic E-state index is -3.21. The number of alkyl halides is 2. The number of fused-ring (bicyclic) bond motifs is 1. The van der Waals surface area contributed by atoms with Crippen LogP contribution in [0.2, 0.25) is 0 Å². The highest BCUT2D eigenvalue weighted by Gasteiger charge is 2.63. The minimum absolute atomic E-state index is 0.00389. The Morgan fingerprint density at radius 3 is 2.39 bits per heavy atom. The molecule has 3 fully saturated rings. The number of carbonyl (C=O) groups excluding carboxylic acids is 3. The zero-order valence-electron chi connectivity index (χ0n) is 30.1. The molecule has 49 heavy (non-hydrogen) atoms. The average Bonchev–Trinajstić information content (AvgIpc) is 3.59. The van der Waals surface area contributed by atoms with E-state index in [0.717, 1.165) is 25.7 Å². The molecule has 1 aliphatic heterocycles. The number of ether oxygens (including phenoxy) is 1. The second-order valence-electron chi connectivity index (χ2n) is 13.2. The molecule has 2 heterocycles. The van der Waals surface area contributed by atoms with Crippen molar-refractivity contribution in [2.75, 3.05) is 13.7 Å². The fourth-order valence-corrected chi connectivity index (χ4v) is 7.25. The van der Waals surface area contributed by atoms with Crippen LogP contribution in [0.4, 0.5) is 8.78 Å². The molecule has 5 rings (SSSR count). The molecule has 2 aliphatic carbocycles. The molecule has 3 aliphatic rings. The molecular formula is C36H55F2N5O6. The number of nitrogens with one attached hydrogen (secondary N) is 1. The van der Waals surface area contributed by atoms with E-state index < -0.39 is 28.6 Å². The molecule has 1 saturated heterocycles. The van der Waals surface area contributed by atoms with Crippen LogP contribution in [0.3, 0.4) is 0 Å². The van der Waals surface area contributed by atoms with E-state index >= 15 is 8.78 Å². The molecule has 13 heteroatoms. The number of nitrogens with two attached hydrogens (primary N) is 1. The summed E-state index contributed by atoms with van der Waals surface area (Å²) in [6, 6.07) is 3.61. The quantitative estimate of drug-likeness (QED) is 0.191. The van der Waals surface area contributed by atoms with Crippen LogP contribution in [0, 0.1) is 28.1 Å². The monoisotopic (exact) mass is 691 g/mol. The van der Waals surface area contributed by atoms with E-state index in [1.807, 2.05) is 20.8 Å². The average molecular weight is 692 g/mol. The summed E-state index contributed by atoms with van der Waals surface area (Å²) in [6.45, 7) is 11.8. The molecule has 2 aromatic rings. The summed E-state index contributed by atoms with van der Waals surface area (Å²) in [5.41, 5.74) is 2.38. The van der Waals surface area contributed by atoms with E-state index in [1.165, 1.54) is 45.1 Å². The number of hydrogen-bond acceptors (Lipinski definition) is 8. The molecule has 1 aromatic heterocycles. The van der Waals surface area contributed by atoms with Crippen LogP contribution in [0.15, 0.2) is 28.2 Å². The van der Waals surface area contributed by atoms with Crippen LogP contribution in [0.25, 0.3) is 11.0 Å². The third-order valence-electron chi connectivity index (χ3n) is 10.2. The third-order valence-corrected chi connectivity index (χ3v) is 10.2. The smallest absolute Gasteiger partial charge is 0.300 e. The van der Waals surface area contributed by atoms with Gasteiger partial charge in [-0.3, -0.25) is 19.2 Å². The SMILES string of the molecule is CC.CC[C@@H]1CCN(C(=O)[C@H](C)N=O)[C@@H]1C(C)=O.COc1ccc2nc(C(F)(F)C3(CCC[C@@H]4CCCC4C)CC3)c(=O)[nH]c2c1.NC=O. The van der Waals surface area contributed by atoms with Gasteiger partial charge in [0.2, 0.25) is 6.41 Å². The van der Waals surface area contributed by atoms with Gasteiger partial charge in [0.25, 0.3) is 11.5 Å². The van der Waals surface area contributed by atoms with Gasteiger partial charge in [0, 0.05) is 18.0 Å². The molecular weight excluding hydrogens is 636 g/mol. The van der Waals surface area contributed by atoms with E-state index in [0.29, 0.717) is 54.4 Å². The number of ketones is 1. The summed E-state index contributed by atoms with van der Waals surface area (Å²) < 4.78 is 35.9. The van der Waals surface area contributed by atoms with Crippen LogP contribution >= 0.6 is 0 Å². The Bertz CT molecular complexity index is 1460. The van der Waals surface area contributed by atoms with Crippen molar-refractivity contribution in [3.63, 3.8) is 0 Å². The molecule has 0 bridgehead atoms. The Kier molecular flexibility index (Phi) is 15.9. The second-order valence-corrected chi connectivity index (χ2v) is 13.2. The first-order chi connectivity index (χ1) is 23.3. The lowest BCUT2D eigenvalue weighted by atomic mass is 9.85. The summed E-state index contributed by atoms with van der Waals surface area (Å²) in [6.07, 6.45) is 8.89. The van der Waals surface area contributed by atoms with Crippen molar-refractivity contribution < 1.29 is 27.9 Å². The van der Waals surface area contributed by atoms with Gasteiger partial charge in [-0.25, -0.2) is 4.98 Å². The van der Waals surface area contributed by atoms with Crippen molar-refractivity contribution in [3.8, 4) is 5.75 Å². The van der Waals surface area contributed by atoms with E-state index in [2.05, 4.69) is 27.8 Å². The largest absolute Gasteiger partial charge is 0.497 e. The summed E-state index contributed by atoms with van der Waals surface area (Å²) in [7, 11) is 1.51. The summed E-state index contributed by atoms with van der Waals surface area (Å²) in [5.74, 6) is -1.40. The number of H-pyrrole nitrogens is 1. The zero-order chi connectivity index (χ0) is 36.9. The Hall–Kier alpha value is -3.77. The molecule has 274 valence electrons. The predicted molar refractivity (Wildman–Crippen MR) is 186 cm³/mol. The molecule has 1 unspecified atom stereocenters. The van der Waals surface area contributed by atoms with E-state index in [1.54, 1.807) is 18.2 Å². The highest BCUT2D eigenvalue weighted by molar-refractivity contribution is 5.90. The van der Waals surface area contributed by atoms with E-state index in [9.17, 15) is 19.3 Å². The van der Waals surface area contributed by atoms with Gasteiger partial charge in [-0.15, -0.1) is 4.91 Å². The number of amides is 2. The van der Waals surface area contributed by atoms with Crippen molar-refractivity contribution in [1.29, 1.82) is 0 Å². The maximum absolute atomic E-state index is 15.4. The Labute approximate surface area is 288 Å². The maximum Gasteiger partial charge on any atom is 0.300 e. The number of primary amides is 1. The number of aromatic nitrogens is 2. The van der Waals surface area contributed by atoms with Crippen molar-refractivity contribution in [2.45, 2.75) is 124 Å². The number of methoxy groups -OCH3 is 1. The molecule has 0 radical (unpaired) electrons. The number of halogens is 2. The Morgan fingerprint density at radius 2 is 1.88 bits per heavy atom. The van der Waals surface area contributed by atoms with Gasteiger partial charge in [-0.2, -0.15) is 8.78 Å². The molecule has 0 spiro atoms. The number of carbonyl (C=O) groups is 3. The molecule has 1 aromatic carbocycles. The third kappa shape index (κ3) is 9.91. The van der Waals surface area contributed by atoms with Crippen LogP contribution in [-0.2, 0) is 20.3 Å². The highest BCUT2D eigenvalue weighted by atomic mass is 19.3. The maximum atomic E-state index is 15.4. The molecule has 11 nitrogen and oxygen atoms in total. The topological polar surface area (TPSA) is 165 Å². The lowest BCUT2D eigenvalue weighted by molar-refractivity contribution is -0.138. The van der Waals surface area contributed by atoms with Gasteiger partial charge in [0.15, 0.2) is 17.5 Å². The number of hydrogen-bond donors (Lipinski definition) is 2. The van der Waals surface area contributed by atoms with Gasteiger partial charge >= 0.3 is 5.92 Å². The summed E-state index contributed by atoms with van der Waals surface area (Å²) >= 11 is 0. The number of Topliss-reactive ketones (excluding diaryl/α,β-unsaturated/α-hetero) is 1. The zero-order valence-corrected chi connectivity index (χ0v) is 30.1. The number of aromatic amines is 1. The van der Waals surface area contributed by atoms with Gasteiger partial charge in [0.05, 0.1) is 24.2 Å². The number of nitrogens with zero attached hydrogens (tertiary/aromatic N) is 3. The molecule has 2 saturated carbocycles. The van der Waals surface area contributed by atoms with Gasteiger partial charge in [-0.05, 0) is 69.4 Å². The summed E-state index contributed by atoms with van der Waals surface area (Å²) in [5, 5.41) is 2.73. The van der Waals surface area contributed by atoms with Gasteiger partial charge < -0.3 is 20.4 Å². The molecule has 5 atom stereocenters. The fourth-order valence-electron chi connectivity index (χ4n) is 7.25. The van der Waals surface area contributed by atoms with Crippen LogP contribution < -0.4 is 16.0 Å². The Balaban J connectivity index is 0.000000338. The number of nitroso groups, excluding NO2 is 1. The van der Waals surface area contributed by atoms with Crippen molar-refractivity contribution in [2.24, 2.45) is 34.1 Å². The first-order valence-corrected chi connectivity index (χ1v) is 17.6. The number of likely N-dealkylation sites (tertiary alicyclic amines) is 1. The van der Waals surface area contributed by atoms with Crippen molar-refractivity contribution in [1.82, 2.24) is 14.9 Å². The standard InChI is InChI=1S/C22H28F2N2O2.C11H18N2O3.C2H6.CH3NO/c1-14-5-3-6-15(14)7-4-10-21(11-12-21)22(23,24)19-20(27)26-18-13-16(28-2)8-9-17(18)25-19;1-4-9-5-6-13(10(9)8(3)14)11(15)7(2)12-16;1-2;2-1-3/h8-9,13-15H,3-7,10-12H2,1-2H3,(H,26,27);7,9-10H,4-6H2,1-3H3;1-2H3;1H,(H2,2,3)/t14?,15-;7-,9+,10+;;/m00../s1. The lowest BCUT2D eigenvalue weighted by Crippen LogP contribution is -2.45. The van der Waals surface area contributed by atoms with Crippen LogP contribution in [0.5, 0.6) is 5.75 Å². The highest BCUT2D eigenvalue weighted by Crippen LogP contribution is 2.63. The Morgan fingerprint density at radius 1 is 1.22 bits per heavy atom. The lowest BCUT2D eigenvalue weighted by Gasteiger charge is -2.26. The predicted octanol–water partition coefficient (Wildman–Crippen LogP) is 6.90. The second kappa shape index (κ2) is 18.8. The summed E-state index contributed by atoms with van der Waals surface area (Å²) in [4.78, 5) is 62.9. The van der Waals surface area contributed by atoms with Crippen LogP contribution in [0.1, 0.15) is 111 Å². The normalized spacial score (nSPS) is 22.7. The molecule has 2 amide bonds. The van der Waals surface area contributed by atoms with Crippen LogP contribution in [-0.4, -0.2) is 58.7 Å². The first kappa shape index (κ1) is 41.4. The van der Waals surface area contributed by atoms with E-state index in [4.69, 9.17) is 9.53 Å². The first-order valence-electron chi connectivity index (χ1n) is 17.6. The molecule has 3 N–H and O–H groups in total.